The second kappa shape index (κ2) is 5.21. The molecule has 0 aliphatic carbocycles. The van der Waals surface area contributed by atoms with Crippen LogP contribution in [0.5, 0.6) is 0 Å². The van der Waals surface area contributed by atoms with Crippen LogP contribution in [0.3, 0.4) is 0 Å². The molecule has 1 fully saturated rings. The Hall–Kier alpha value is -2.18. The predicted octanol–water partition coefficient (Wildman–Crippen LogP) is 1.15. The van der Waals surface area contributed by atoms with Crippen molar-refractivity contribution in [1.29, 1.82) is 0 Å². The highest BCUT2D eigenvalue weighted by atomic mass is 19.2. The van der Waals surface area contributed by atoms with Gasteiger partial charge in [-0.25, -0.2) is 13.6 Å². The summed E-state index contributed by atoms with van der Waals surface area (Å²) in [6.45, 7) is 0.491. The Labute approximate surface area is 108 Å². The summed E-state index contributed by atoms with van der Waals surface area (Å²) in [7, 11) is 1.58. The van der Waals surface area contributed by atoms with Crippen molar-refractivity contribution < 1.29 is 23.1 Å². The zero-order valence-corrected chi connectivity index (χ0v) is 10.2. The molecule has 1 unspecified atom stereocenters. The quantitative estimate of drug-likeness (QED) is 0.896. The number of cyclic esters (lactones) is 1. The molecule has 5 nitrogen and oxygen atoms in total. The number of rotatable bonds is 3. The lowest BCUT2D eigenvalue weighted by Gasteiger charge is -2.09. The molecule has 1 aromatic rings. The van der Waals surface area contributed by atoms with Gasteiger partial charge in [-0.1, -0.05) is 0 Å². The Morgan fingerprint density at radius 3 is 2.79 bits per heavy atom. The van der Waals surface area contributed by atoms with E-state index in [0.29, 0.717) is 6.54 Å². The SMILES string of the molecule is CN1CC(CNC(=O)c2ccc(F)c(F)c2)OC1=O. The van der Waals surface area contributed by atoms with Crippen LogP contribution in [0.1, 0.15) is 10.4 Å². The number of nitrogens with one attached hydrogen (secondary N) is 1. The third kappa shape index (κ3) is 2.98. The Morgan fingerprint density at radius 1 is 1.47 bits per heavy atom. The van der Waals surface area contributed by atoms with Gasteiger partial charge in [-0.2, -0.15) is 0 Å². The van der Waals surface area contributed by atoms with Crippen molar-refractivity contribution in [3.63, 3.8) is 0 Å². The lowest BCUT2D eigenvalue weighted by Crippen LogP contribution is -2.34. The number of hydrogen-bond acceptors (Lipinski definition) is 3. The number of likely N-dealkylation sites (N-methyl/N-ethyl adjacent to an activating group) is 1. The lowest BCUT2D eigenvalue weighted by molar-refractivity contribution is 0.0914. The number of carbonyl (C=O) groups is 2. The van der Waals surface area contributed by atoms with E-state index in [4.69, 9.17) is 4.74 Å². The van der Waals surface area contributed by atoms with Gasteiger partial charge in [0.05, 0.1) is 13.1 Å². The van der Waals surface area contributed by atoms with Gasteiger partial charge in [-0.15, -0.1) is 0 Å². The second-order valence-electron chi connectivity index (χ2n) is 4.23. The third-order valence-electron chi connectivity index (χ3n) is 2.73. The molecule has 1 N–H and O–H groups in total. The fourth-order valence-electron chi connectivity index (χ4n) is 1.70. The smallest absolute Gasteiger partial charge is 0.410 e. The van der Waals surface area contributed by atoms with Gasteiger partial charge >= 0.3 is 6.09 Å². The van der Waals surface area contributed by atoms with E-state index in [2.05, 4.69) is 5.32 Å². The van der Waals surface area contributed by atoms with Crippen molar-refractivity contribution in [1.82, 2.24) is 10.2 Å². The van der Waals surface area contributed by atoms with E-state index in [1.54, 1.807) is 7.05 Å². The number of ether oxygens (including phenoxy) is 1. The van der Waals surface area contributed by atoms with Gasteiger partial charge in [0.1, 0.15) is 6.10 Å². The van der Waals surface area contributed by atoms with Gasteiger partial charge < -0.3 is 15.0 Å². The van der Waals surface area contributed by atoms with Gasteiger partial charge in [0, 0.05) is 12.6 Å². The second-order valence-corrected chi connectivity index (χ2v) is 4.23. The highest BCUT2D eigenvalue weighted by Gasteiger charge is 2.28. The minimum Gasteiger partial charge on any atom is -0.442 e. The van der Waals surface area contributed by atoms with Crippen LogP contribution in [-0.2, 0) is 4.74 Å². The summed E-state index contributed by atoms with van der Waals surface area (Å²) in [6.07, 6.45) is -0.890. The highest BCUT2D eigenvalue weighted by molar-refractivity contribution is 5.94. The largest absolute Gasteiger partial charge is 0.442 e. The van der Waals surface area contributed by atoms with Gasteiger partial charge in [-0.3, -0.25) is 4.79 Å². The Morgan fingerprint density at radius 2 is 2.21 bits per heavy atom. The predicted molar refractivity (Wildman–Crippen MR) is 61.6 cm³/mol. The molecule has 1 aromatic carbocycles. The van der Waals surface area contributed by atoms with Crippen molar-refractivity contribution in [3.05, 3.63) is 35.4 Å². The molecular formula is C12H12F2N2O3. The maximum Gasteiger partial charge on any atom is 0.410 e. The van der Waals surface area contributed by atoms with Crippen LogP contribution < -0.4 is 5.32 Å². The molecule has 1 aliphatic rings. The first kappa shape index (κ1) is 13.3. The van der Waals surface area contributed by atoms with E-state index in [1.165, 1.54) is 11.0 Å². The Kier molecular flexibility index (Phi) is 3.64. The summed E-state index contributed by atoms with van der Waals surface area (Å²) >= 11 is 0. The normalized spacial score (nSPS) is 18.4. The summed E-state index contributed by atoms with van der Waals surface area (Å²) in [6, 6.07) is 2.88. The van der Waals surface area contributed by atoms with Crippen LogP contribution in [0.4, 0.5) is 13.6 Å². The van der Waals surface area contributed by atoms with Crippen LogP contribution >= 0.6 is 0 Å². The number of carbonyl (C=O) groups excluding carboxylic acids is 2. The van der Waals surface area contributed by atoms with Gasteiger partial charge in [0.2, 0.25) is 0 Å². The molecule has 2 rings (SSSR count). The number of hydrogen-bond donors (Lipinski definition) is 1. The van der Waals surface area contributed by atoms with E-state index in [-0.39, 0.29) is 12.1 Å². The fraction of sp³-hybridized carbons (Fsp3) is 0.333. The third-order valence-corrected chi connectivity index (χ3v) is 2.73. The highest BCUT2D eigenvalue weighted by Crippen LogP contribution is 2.10. The zero-order chi connectivity index (χ0) is 14.0. The maximum atomic E-state index is 13.0. The maximum absolute atomic E-state index is 13.0. The Balaban J connectivity index is 1.91. The van der Waals surface area contributed by atoms with Crippen molar-refractivity contribution in [2.24, 2.45) is 0 Å². The summed E-state index contributed by atoms with van der Waals surface area (Å²) in [4.78, 5) is 24.1. The topological polar surface area (TPSA) is 58.6 Å². The van der Waals surface area contributed by atoms with E-state index < -0.39 is 29.7 Å². The van der Waals surface area contributed by atoms with E-state index in [9.17, 15) is 18.4 Å². The number of nitrogens with zero attached hydrogens (tertiary/aromatic N) is 1. The molecule has 1 heterocycles. The molecule has 0 spiro atoms. The summed E-state index contributed by atoms with van der Waals surface area (Å²) in [5.74, 6) is -2.65. The standard InChI is InChI=1S/C12H12F2N2O3/c1-16-6-8(19-12(16)18)5-15-11(17)7-2-3-9(13)10(14)4-7/h2-4,8H,5-6H2,1H3,(H,15,17). The van der Waals surface area contributed by atoms with Crippen LogP contribution in [-0.4, -0.2) is 43.1 Å². The van der Waals surface area contributed by atoms with Gasteiger partial charge in [0.25, 0.3) is 5.91 Å². The molecule has 19 heavy (non-hydrogen) atoms. The Bertz CT molecular complexity index is 522. The summed E-state index contributed by atoms with van der Waals surface area (Å²) in [5, 5.41) is 2.50. The molecule has 2 amide bonds. The van der Waals surface area contributed by atoms with Crippen LogP contribution in [0.15, 0.2) is 18.2 Å². The summed E-state index contributed by atoms with van der Waals surface area (Å²) in [5.41, 5.74) is 0.0107. The average Bonchev–Trinajstić information content (AvgIpc) is 2.69. The molecule has 7 heteroatoms. The molecule has 0 saturated carbocycles. The minimum absolute atomic E-state index is 0.0107. The molecule has 1 saturated heterocycles. The van der Waals surface area contributed by atoms with Crippen LogP contribution in [0, 0.1) is 11.6 Å². The van der Waals surface area contributed by atoms with Gasteiger partial charge in [0.15, 0.2) is 11.6 Å². The molecule has 102 valence electrons. The van der Waals surface area contributed by atoms with Crippen molar-refractivity contribution >= 4 is 12.0 Å². The lowest BCUT2D eigenvalue weighted by atomic mass is 10.2. The minimum atomic E-state index is -1.08. The van der Waals surface area contributed by atoms with E-state index in [0.717, 1.165) is 12.1 Å². The van der Waals surface area contributed by atoms with Crippen molar-refractivity contribution in [2.45, 2.75) is 6.10 Å². The first-order valence-electron chi connectivity index (χ1n) is 5.62. The first-order chi connectivity index (χ1) is 8.97. The first-order valence-corrected chi connectivity index (χ1v) is 5.62. The number of amides is 2. The molecule has 0 bridgehead atoms. The molecule has 0 aromatic heterocycles. The fourth-order valence-corrected chi connectivity index (χ4v) is 1.70. The molecule has 1 atom stereocenters. The molecule has 1 aliphatic heterocycles. The zero-order valence-electron chi connectivity index (χ0n) is 10.2. The number of halogens is 2. The molecule has 0 radical (unpaired) electrons. The summed E-state index contributed by atoms with van der Waals surface area (Å²) < 4.78 is 30.6. The monoisotopic (exact) mass is 270 g/mol. The van der Waals surface area contributed by atoms with Crippen LogP contribution in [0.25, 0.3) is 0 Å². The number of benzene rings is 1. The van der Waals surface area contributed by atoms with E-state index >= 15 is 0 Å². The van der Waals surface area contributed by atoms with Crippen LogP contribution in [0.2, 0.25) is 0 Å². The average molecular weight is 270 g/mol. The van der Waals surface area contributed by atoms with Gasteiger partial charge in [-0.05, 0) is 18.2 Å². The van der Waals surface area contributed by atoms with E-state index in [1.807, 2.05) is 0 Å². The molecular weight excluding hydrogens is 258 g/mol. The van der Waals surface area contributed by atoms with Crippen molar-refractivity contribution in [2.75, 3.05) is 20.1 Å². The van der Waals surface area contributed by atoms with Crippen molar-refractivity contribution in [3.8, 4) is 0 Å².